The maximum absolute atomic E-state index is 12.8. The summed E-state index contributed by atoms with van der Waals surface area (Å²) < 4.78 is 5.15. The van der Waals surface area contributed by atoms with Gasteiger partial charge in [0.25, 0.3) is 5.91 Å². The molecule has 0 fully saturated rings. The minimum Gasteiger partial charge on any atom is -0.503 e. The number of nitrogens with zero attached hydrogens (tertiary/aromatic N) is 2. The van der Waals surface area contributed by atoms with Gasteiger partial charge in [-0.1, -0.05) is 13.3 Å². The van der Waals surface area contributed by atoms with Crippen LogP contribution >= 0.6 is 0 Å². The third kappa shape index (κ3) is 2.71. The van der Waals surface area contributed by atoms with Crippen LogP contribution in [0.15, 0.2) is 58.7 Å². The van der Waals surface area contributed by atoms with Crippen molar-refractivity contribution < 1.29 is 19.1 Å². The second-order valence-electron chi connectivity index (χ2n) is 5.60. The predicted octanol–water partition coefficient (Wildman–Crippen LogP) is 3.05. The van der Waals surface area contributed by atoms with Crippen molar-refractivity contribution in [1.29, 1.82) is 0 Å². The molecule has 6 nitrogen and oxygen atoms in total. The number of aliphatic hydroxyl groups is 1. The Hall–Kier alpha value is -2.89. The van der Waals surface area contributed by atoms with Crippen LogP contribution in [0.1, 0.15) is 41.9 Å². The van der Waals surface area contributed by atoms with Crippen molar-refractivity contribution in [2.45, 2.75) is 25.8 Å². The second-order valence-corrected chi connectivity index (χ2v) is 5.60. The van der Waals surface area contributed by atoms with Gasteiger partial charge in [0.1, 0.15) is 0 Å². The van der Waals surface area contributed by atoms with Gasteiger partial charge in [-0.15, -0.1) is 0 Å². The van der Waals surface area contributed by atoms with E-state index in [1.165, 1.54) is 17.2 Å². The molecular formula is C18H18N2O4. The van der Waals surface area contributed by atoms with Crippen molar-refractivity contribution in [2.75, 3.05) is 6.54 Å². The zero-order chi connectivity index (χ0) is 17.1. The molecule has 0 saturated heterocycles. The molecule has 0 aromatic carbocycles. The molecule has 1 N–H and O–H groups in total. The Morgan fingerprint density at radius 3 is 2.71 bits per heavy atom. The number of hydrogen-bond acceptors (Lipinski definition) is 5. The first-order valence-corrected chi connectivity index (χ1v) is 7.87. The van der Waals surface area contributed by atoms with Crippen LogP contribution in [-0.2, 0) is 4.79 Å². The lowest BCUT2D eigenvalue weighted by molar-refractivity contribution is -0.129. The number of Topliss-reactive ketones (excluding diaryl/α,β-unsaturated/α-hetero) is 1. The number of ketones is 1. The zero-order valence-electron chi connectivity index (χ0n) is 13.3. The summed E-state index contributed by atoms with van der Waals surface area (Å²) in [5.41, 5.74) is 0.783. The molecule has 3 heterocycles. The van der Waals surface area contributed by atoms with Crippen molar-refractivity contribution in [1.82, 2.24) is 9.88 Å². The van der Waals surface area contributed by atoms with Gasteiger partial charge in [0, 0.05) is 18.9 Å². The van der Waals surface area contributed by atoms with Crippen LogP contribution in [0.3, 0.4) is 0 Å². The fourth-order valence-corrected chi connectivity index (χ4v) is 2.88. The SMILES string of the molecule is CCCCN1C(=O)C(O)=C(C(=O)c2ccco2)C1c1ccncc1. The number of rotatable bonds is 6. The lowest BCUT2D eigenvalue weighted by Crippen LogP contribution is -2.32. The predicted molar refractivity (Wildman–Crippen MR) is 86.3 cm³/mol. The van der Waals surface area contributed by atoms with E-state index in [2.05, 4.69) is 4.98 Å². The van der Waals surface area contributed by atoms with Gasteiger partial charge in [0.2, 0.25) is 5.78 Å². The molecule has 0 radical (unpaired) electrons. The first kappa shape index (κ1) is 16.0. The van der Waals surface area contributed by atoms with Crippen molar-refractivity contribution in [3.63, 3.8) is 0 Å². The summed E-state index contributed by atoms with van der Waals surface area (Å²) in [7, 11) is 0. The normalized spacial score (nSPS) is 17.6. The minimum absolute atomic E-state index is 0.0530. The Kier molecular flexibility index (Phi) is 4.46. The molecule has 1 amide bonds. The first-order valence-electron chi connectivity index (χ1n) is 7.87. The molecule has 24 heavy (non-hydrogen) atoms. The van der Waals surface area contributed by atoms with Crippen LogP contribution in [0.2, 0.25) is 0 Å². The summed E-state index contributed by atoms with van der Waals surface area (Å²) in [6, 6.07) is 5.96. The summed E-state index contributed by atoms with van der Waals surface area (Å²) in [6.07, 6.45) is 6.26. The van der Waals surface area contributed by atoms with Crippen LogP contribution in [0.25, 0.3) is 0 Å². The van der Waals surface area contributed by atoms with Crippen LogP contribution in [0, 0.1) is 0 Å². The molecule has 1 unspecified atom stereocenters. The number of pyridine rings is 1. The van der Waals surface area contributed by atoms with Crippen molar-refractivity contribution >= 4 is 11.7 Å². The van der Waals surface area contributed by atoms with Crippen molar-refractivity contribution in [3.8, 4) is 0 Å². The van der Waals surface area contributed by atoms with E-state index < -0.39 is 23.5 Å². The molecule has 0 saturated carbocycles. The Morgan fingerprint density at radius 1 is 1.33 bits per heavy atom. The molecule has 2 aromatic heterocycles. The third-order valence-electron chi connectivity index (χ3n) is 4.07. The molecule has 1 aliphatic rings. The van der Waals surface area contributed by atoms with Gasteiger partial charge in [-0.25, -0.2) is 0 Å². The topological polar surface area (TPSA) is 83.6 Å². The van der Waals surface area contributed by atoms with Crippen LogP contribution in [-0.4, -0.2) is 33.2 Å². The average Bonchev–Trinajstić information content (AvgIpc) is 3.22. The molecular weight excluding hydrogens is 308 g/mol. The maximum atomic E-state index is 12.8. The van der Waals surface area contributed by atoms with E-state index in [9.17, 15) is 14.7 Å². The van der Waals surface area contributed by atoms with E-state index in [0.29, 0.717) is 6.54 Å². The van der Waals surface area contributed by atoms with Gasteiger partial charge in [-0.3, -0.25) is 14.6 Å². The third-order valence-corrected chi connectivity index (χ3v) is 4.07. The Labute approximate surface area is 139 Å². The minimum atomic E-state index is -0.635. The maximum Gasteiger partial charge on any atom is 0.290 e. The Morgan fingerprint density at radius 2 is 2.08 bits per heavy atom. The summed E-state index contributed by atoms with van der Waals surface area (Å²) >= 11 is 0. The van der Waals surface area contributed by atoms with Gasteiger partial charge in [0.05, 0.1) is 17.9 Å². The van der Waals surface area contributed by atoms with Crippen LogP contribution in [0.5, 0.6) is 0 Å². The molecule has 0 spiro atoms. The molecule has 1 atom stereocenters. The number of aliphatic hydroxyl groups excluding tert-OH is 1. The van der Waals surface area contributed by atoms with Crippen LogP contribution in [0.4, 0.5) is 0 Å². The highest BCUT2D eigenvalue weighted by atomic mass is 16.3. The fraction of sp³-hybridized carbons (Fsp3) is 0.278. The van der Waals surface area contributed by atoms with E-state index >= 15 is 0 Å². The molecule has 0 bridgehead atoms. The number of carbonyl (C=O) groups excluding carboxylic acids is 2. The lowest BCUT2D eigenvalue weighted by Gasteiger charge is -2.26. The van der Waals surface area contributed by atoms with E-state index in [1.807, 2.05) is 6.92 Å². The number of amides is 1. The van der Waals surface area contributed by atoms with Gasteiger partial charge in [-0.2, -0.15) is 0 Å². The van der Waals surface area contributed by atoms with Crippen molar-refractivity contribution in [3.05, 3.63) is 65.6 Å². The van der Waals surface area contributed by atoms with Gasteiger partial charge in [0.15, 0.2) is 11.5 Å². The summed E-state index contributed by atoms with van der Waals surface area (Å²) in [4.78, 5) is 30.8. The molecule has 124 valence electrons. The van der Waals surface area contributed by atoms with Crippen LogP contribution < -0.4 is 0 Å². The van der Waals surface area contributed by atoms with Crippen molar-refractivity contribution in [2.24, 2.45) is 0 Å². The van der Waals surface area contributed by atoms with Gasteiger partial charge < -0.3 is 14.4 Å². The second kappa shape index (κ2) is 6.70. The van der Waals surface area contributed by atoms with Gasteiger partial charge in [-0.05, 0) is 36.2 Å². The molecule has 6 heteroatoms. The number of furan rings is 1. The molecule has 3 rings (SSSR count). The number of aromatic nitrogens is 1. The Balaban J connectivity index is 2.06. The Bertz CT molecular complexity index is 766. The first-order chi connectivity index (χ1) is 11.6. The van der Waals surface area contributed by atoms with E-state index in [4.69, 9.17) is 4.42 Å². The highest BCUT2D eigenvalue weighted by molar-refractivity contribution is 6.14. The smallest absolute Gasteiger partial charge is 0.290 e. The monoisotopic (exact) mass is 326 g/mol. The number of hydrogen-bond donors (Lipinski definition) is 1. The standard InChI is InChI=1S/C18H18N2O4/c1-2-3-10-20-15(12-6-8-19-9-7-12)14(17(22)18(20)23)16(21)13-5-4-11-24-13/h4-9,11,15,22H,2-3,10H2,1H3. The zero-order valence-corrected chi connectivity index (χ0v) is 13.3. The average molecular weight is 326 g/mol. The highest BCUT2D eigenvalue weighted by Crippen LogP contribution is 2.38. The van der Waals surface area contributed by atoms with Gasteiger partial charge >= 0.3 is 0 Å². The molecule has 1 aliphatic heterocycles. The van der Waals surface area contributed by atoms with E-state index in [0.717, 1.165) is 18.4 Å². The molecule has 0 aliphatic carbocycles. The largest absolute Gasteiger partial charge is 0.503 e. The molecule has 2 aromatic rings. The van der Waals surface area contributed by atoms with E-state index in [1.54, 1.807) is 30.6 Å². The summed E-state index contributed by atoms with van der Waals surface area (Å²) in [5.74, 6) is -1.41. The number of unbranched alkanes of at least 4 members (excludes halogenated alkanes) is 1. The highest BCUT2D eigenvalue weighted by Gasteiger charge is 2.43. The summed E-state index contributed by atoms with van der Waals surface area (Å²) in [5, 5.41) is 10.3. The summed E-state index contributed by atoms with van der Waals surface area (Å²) in [6.45, 7) is 2.48. The van der Waals surface area contributed by atoms with E-state index in [-0.39, 0.29) is 11.3 Å². The quantitative estimate of drug-likeness (QED) is 0.825. The fourth-order valence-electron chi connectivity index (χ4n) is 2.88. The number of carbonyl (C=O) groups is 2. The lowest BCUT2D eigenvalue weighted by atomic mass is 9.96.